The van der Waals surface area contributed by atoms with E-state index in [1.807, 2.05) is 115 Å². The molecule has 0 saturated carbocycles. The van der Waals surface area contributed by atoms with Crippen LogP contribution in [0.3, 0.4) is 0 Å². The van der Waals surface area contributed by atoms with Crippen molar-refractivity contribution in [3.63, 3.8) is 0 Å². The predicted octanol–water partition coefficient (Wildman–Crippen LogP) is 7.30. The maximum Gasteiger partial charge on any atom is 0.234 e. The Morgan fingerprint density at radius 2 is 1.52 bits per heavy atom. The van der Waals surface area contributed by atoms with E-state index in [4.69, 9.17) is 21.1 Å². The van der Waals surface area contributed by atoms with Crippen molar-refractivity contribution in [3.8, 4) is 28.6 Å². The standard InChI is InChI=1S/C31H27ClN4O3S/c1-2-38-27-18-14-26(15-19-27)36-30(23-8-10-24(32)11-9-23)34-35-31(36)40-21-29(37)33-25-12-16-28(17-13-25)39-20-22-6-4-3-5-7-22/h3-19H,2,20-21H2,1H3,(H,33,37). The third-order valence-electron chi connectivity index (χ3n) is 5.86. The van der Waals surface area contributed by atoms with Gasteiger partial charge >= 0.3 is 0 Å². The topological polar surface area (TPSA) is 78.3 Å². The second-order valence-corrected chi connectivity index (χ2v) is 10.1. The molecule has 0 bridgehead atoms. The lowest BCUT2D eigenvalue weighted by atomic mass is 10.2. The number of nitrogens with zero attached hydrogens (tertiary/aromatic N) is 3. The van der Waals surface area contributed by atoms with E-state index in [0.717, 1.165) is 28.3 Å². The first-order chi connectivity index (χ1) is 19.6. The lowest BCUT2D eigenvalue weighted by molar-refractivity contribution is -0.113. The molecular formula is C31H27ClN4O3S. The number of amides is 1. The van der Waals surface area contributed by atoms with Crippen molar-refractivity contribution >= 4 is 35.0 Å². The highest BCUT2D eigenvalue weighted by atomic mass is 35.5. The van der Waals surface area contributed by atoms with Crippen molar-refractivity contribution in [1.29, 1.82) is 0 Å². The number of hydrogen-bond donors (Lipinski definition) is 1. The van der Waals surface area contributed by atoms with Crippen LogP contribution in [0.15, 0.2) is 108 Å². The Morgan fingerprint density at radius 1 is 0.850 bits per heavy atom. The average molecular weight is 571 g/mol. The van der Waals surface area contributed by atoms with Crippen molar-refractivity contribution in [2.45, 2.75) is 18.7 Å². The van der Waals surface area contributed by atoms with Crippen LogP contribution in [-0.4, -0.2) is 33.0 Å². The molecule has 0 saturated heterocycles. The number of ether oxygens (including phenoxy) is 2. The molecule has 0 unspecified atom stereocenters. The molecular weight excluding hydrogens is 544 g/mol. The van der Waals surface area contributed by atoms with Crippen molar-refractivity contribution in [3.05, 3.63) is 114 Å². The van der Waals surface area contributed by atoms with E-state index in [2.05, 4.69) is 15.5 Å². The highest BCUT2D eigenvalue weighted by Gasteiger charge is 2.18. The van der Waals surface area contributed by atoms with E-state index in [-0.39, 0.29) is 11.7 Å². The second kappa shape index (κ2) is 13.2. The number of thioether (sulfide) groups is 1. The third kappa shape index (κ3) is 7.02. The Bertz CT molecular complexity index is 1540. The number of carbonyl (C=O) groups is 1. The first-order valence-electron chi connectivity index (χ1n) is 12.7. The second-order valence-electron chi connectivity index (χ2n) is 8.71. The molecule has 7 nitrogen and oxygen atoms in total. The Hall–Kier alpha value is -4.27. The Morgan fingerprint density at radius 3 is 2.23 bits per heavy atom. The fourth-order valence-electron chi connectivity index (χ4n) is 3.94. The van der Waals surface area contributed by atoms with Crippen molar-refractivity contribution in [2.75, 3.05) is 17.7 Å². The van der Waals surface area contributed by atoms with Crippen LogP contribution in [0, 0.1) is 0 Å². The van der Waals surface area contributed by atoms with E-state index in [0.29, 0.717) is 34.9 Å². The van der Waals surface area contributed by atoms with E-state index in [9.17, 15) is 4.79 Å². The minimum Gasteiger partial charge on any atom is -0.494 e. The molecule has 5 aromatic rings. The maximum absolute atomic E-state index is 12.8. The SMILES string of the molecule is CCOc1ccc(-n2c(SCC(=O)Nc3ccc(OCc4ccccc4)cc3)nnc2-c2ccc(Cl)cc2)cc1. The number of nitrogens with one attached hydrogen (secondary N) is 1. The molecule has 0 aliphatic rings. The van der Waals surface area contributed by atoms with Crippen molar-refractivity contribution < 1.29 is 14.3 Å². The maximum atomic E-state index is 12.8. The molecule has 1 N–H and O–H groups in total. The summed E-state index contributed by atoms with van der Waals surface area (Å²) < 4.78 is 13.3. The number of hydrogen-bond acceptors (Lipinski definition) is 6. The number of aromatic nitrogens is 3. The summed E-state index contributed by atoms with van der Waals surface area (Å²) in [4.78, 5) is 12.8. The van der Waals surface area contributed by atoms with Crippen LogP contribution in [0.4, 0.5) is 5.69 Å². The van der Waals surface area contributed by atoms with Crippen LogP contribution >= 0.6 is 23.4 Å². The van der Waals surface area contributed by atoms with Crippen LogP contribution in [-0.2, 0) is 11.4 Å². The van der Waals surface area contributed by atoms with E-state index >= 15 is 0 Å². The lowest BCUT2D eigenvalue weighted by Crippen LogP contribution is -2.14. The fraction of sp³-hybridized carbons (Fsp3) is 0.129. The summed E-state index contributed by atoms with van der Waals surface area (Å²) in [5, 5.41) is 13.0. The summed E-state index contributed by atoms with van der Waals surface area (Å²) in [6.07, 6.45) is 0. The summed E-state index contributed by atoms with van der Waals surface area (Å²) in [7, 11) is 0. The van der Waals surface area contributed by atoms with E-state index in [1.165, 1.54) is 11.8 Å². The molecule has 40 heavy (non-hydrogen) atoms. The Balaban J connectivity index is 1.26. The molecule has 0 fully saturated rings. The molecule has 202 valence electrons. The number of rotatable bonds is 11. The average Bonchev–Trinajstić information content (AvgIpc) is 3.41. The van der Waals surface area contributed by atoms with Gasteiger partial charge in [-0.25, -0.2) is 0 Å². The summed E-state index contributed by atoms with van der Waals surface area (Å²) in [6.45, 7) is 3.01. The van der Waals surface area contributed by atoms with Crippen LogP contribution < -0.4 is 14.8 Å². The van der Waals surface area contributed by atoms with Crippen LogP contribution in [0.25, 0.3) is 17.1 Å². The monoisotopic (exact) mass is 570 g/mol. The zero-order chi connectivity index (χ0) is 27.7. The van der Waals surface area contributed by atoms with Gasteiger partial charge in [-0.2, -0.15) is 0 Å². The smallest absolute Gasteiger partial charge is 0.234 e. The first-order valence-corrected chi connectivity index (χ1v) is 14.1. The van der Waals surface area contributed by atoms with E-state index in [1.54, 1.807) is 0 Å². The molecule has 0 radical (unpaired) electrons. The van der Waals surface area contributed by atoms with Gasteiger partial charge in [-0.15, -0.1) is 10.2 Å². The molecule has 0 atom stereocenters. The lowest BCUT2D eigenvalue weighted by Gasteiger charge is -2.12. The number of halogens is 1. The molecule has 1 heterocycles. The van der Waals surface area contributed by atoms with Gasteiger partial charge in [0.2, 0.25) is 5.91 Å². The Labute approximate surface area is 242 Å². The van der Waals surface area contributed by atoms with E-state index < -0.39 is 0 Å². The normalized spacial score (nSPS) is 10.8. The number of carbonyl (C=O) groups excluding carboxylic acids is 1. The third-order valence-corrected chi connectivity index (χ3v) is 7.04. The molecule has 5 rings (SSSR count). The number of benzene rings is 4. The first kappa shape index (κ1) is 27.3. The summed E-state index contributed by atoms with van der Waals surface area (Å²) in [5.41, 5.74) is 3.49. The number of anilines is 1. The zero-order valence-electron chi connectivity index (χ0n) is 21.8. The quantitative estimate of drug-likeness (QED) is 0.168. The van der Waals surface area contributed by atoms with Crippen LogP contribution in [0.1, 0.15) is 12.5 Å². The van der Waals surface area contributed by atoms with Gasteiger partial charge in [0.15, 0.2) is 11.0 Å². The molecule has 1 aromatic heterocycles. The molecule has 0 aliphatic carbocycles. The van der Waals surface area contributed by atoms with Crippen LogP contribution in [0.2, 0.25) is 5.02 Å². The van der Waals surface area contributed by atoms with Gasteiger partial charge in [0, 0.05) is 22.0 Å². The molecule has 4 aromatic carbocycles. The van der Waals surface area contributed by atoms with Gasteiger partial charge in [0.05, 0.1) is 12.4 Å². The minimum absolute atomic E-state index is 0.155. The summed E-state index contributed by atoms with van der Waals surface area (Å²) >= 11 is 7.40. The Kier molecular flexibility index (Phi) is 9.00. The van der Waals surface area contributed by atoms with Crippen molar-refractivity contribution in [1.82, 2.24) is 14.8 Å². The highest BCUT2D eigenvalue weighted by Crippen LogP contribution is 2.30. The molecule has 0 spiro atoms. The molecule has 9 heteroatoms. The van der Waals surface area contributed by atoms with Gasteiger partial charge in [-0.1, -0.05) is 53.7 Å². The predicted molar refractivity (Wildman–Crippen MR) is 160 cm³/mol. The van der Waals surface area contributed by atoms with Gasteiger partial charge in [0.1, 0.15) is 18.1 Å². The fourth-order valence-corrected chi connectivity index (χ4v) is 4.82. The largest absolute Gasteiger partial charge is 0.494 e. The summed E-state index contributed by atoms with van der Waals surface area (Å²) in [6, 6.07) is 32.4. The van der Waals surface area contributed by atoms with Gasteiger partial charge in [-0.05, 0) is 85.3 Å². The van der Waals surface area contributed by atoms with Crippen LogP contribution in [0.5, 0.6) is 11.5 Å². The summed E-state index contributed by atoms with van der Waals surface area (Å²) in [5.74, 6) is 2.15. The van der Waals surface area contributed by atoms with Gasteiger partial charge in [-0.3, -0.25) is 9.36 Å². The zero-order valence-corrected chi connectivity index (χ0v) is 23.4. The molecule has 1 amide bonds. The van der Waals surface area contributed by atoms with Crippen molar-refractivity contribution in [2.24, 2.45) is 0 Å². The highest BCUT2D eigenvalue weighted by molar-refractivity contribution is 7.99. The minimum atomic E-state index is -0.155. The van der Waals surface area contributed by atoms with Gasteiger partial charge < -0.3 is 14.8 Å². The van der Waals surface area contributed by atoms with Gasteiger partial charge in [0.25, 0.3) is 0 Å². The molecule has 0 aliphatic heterocycles.